The van der Waals surface area contributed by atoms with Crippen LogP contribution in [0, 0.1) is 5.82 Å². The van der Waals surface area contributed by atoms with Crippen LogP contribution in [-0.4, -0.2) is 75.4 Å². The first kappa shape index (κ1) is 23.5. The molecule has 10 heteroatoms. The van der Waals surface area contributed by atoms with E-state index in [2.05, 4.69) is 31.5 Å². The molecule has 5 heterocycles. The number of aromatic nitrogens is 6. The van der Waals surface area contributed by atoms with E-state index < -0.39 is 0 Å². The molecule has 0 radical (unpaired) electrons. The Morgan fingerprint density at radius 2 is 1.92 bits per heavy atom. The molecule has 1 aromatic carbocycles. The molecule has 1 fully saturated rings. The molecule has 0 spiro atoms. The molecule has 37 heavy (non-hydrogen) atoms. The molecule has 0 aliphatic carbocycles. The van der Waals surface area contributed by atoms with E-state index in [-0.39, 0.29) is 5.82 Å². The smallest absolute Gasteiger partial charge is 0.159 e. The summed E-state index contributed by atoms with van der Waals surface area (Å²) in [6.07, 6.45) is 5.68. The highest BCUT2D eigenvalue weighted by Gasteiger charge is 2.20. The zero-order chi connectivity index (χ0) is 25.4. The number of likely N-dealkylation sites (N-methyl/N-ethyl adjacent to an activating group) is 1. The van der Waals surface area contributed by atoms with Gasteiger partial charge < -0.3 is 19.9 Å². The van der Waals surface area contributed by atoms with Gasteiger partial charge in [0.15, 0.2) is 5.82 Å². The van der Waals surface area contributed by atoms with Gasteiger partial charge in [0.1, 0.15) is 29.4 Å². The van der Waals surface area contributed by atoms with E-state index in [0.717, 1.165) is 60.3 Å². The van der Waals surface area contributed by atoms with Gasteiger partial charge in [-0.2, -0.15) is 5.10 Å². The van der Waals surface area contributed by atoms with Crippen molar-refractivity contribution in [3.05, 3.63) is 54.2 Å². The zero-order valence-electron chi connectivity index (χ0n) is 20.9. The molecule has 1 aliphatic heterocycles. The van der Waals surface area contributed by atoms with Crippen molar-refractivity contribution >= 4 is 21.9 Å². The van der Waals surface area contributed by atoms with Crippen molar-refractivity contribution in [3.8, 4) is 28.5 Å². The van der Waals surface area contributed by atoms with Crippen molar-refractivity contribution in [2.75, 3.05) is 40.3 Å². The number of hydrogen-bond donors (Lipinski definition) is 3. The Hall–Kier alpha value is -3.89. The quantitative estimate of drug-likeness (QED) is 0.309. The number of piperidine rings is 1. The number of imidazole rings is 1. The van der Waals surface area contributed by atoms with E-state index in [1.54, 1.807) is 12.3 Å². The molecule has 9 nitrogen and oxygen atoms in total. The van der Waals surface area contributed by atoms with Crippen LogP contribution in [-0.2, 0) is 0 Å². The van der Waals surface area contributed by atoms with Crippen molar-refractivity contribution in [2.45, 2.75) is 18.8 Å². The summed E-state index contributed by atoms with van der Waals surface area (Å²) in [6.45, 7) is 3.20. The minimum absolute atomic E-state index is 0.386. The summed E-state index contributed by atoms with van der Waals surface area (Å²) in [5.41, 5.74) is 5.28. The molecular weight excluding hydrogens is 471 g/mol. The number of rotatable bonds is 7. The van der Waals surface area contributed by atoms with E-state index in [4.69, 9.17) is 14.7 Å². The number of H-pyrrole nitrogens is 2. The van der Waals surface area contributed by atoms with E-state index in [0.29, 0.717) is 40.9 Å². The van der Waals surface area contributed by atoms with Gasteiger partial charge in [0.2, 0.25) is 0 Å². The fourth-order valence-electron chi connectivity index (χ4n) is 4.84. The summed E-state index contributed by atoms with van der Waals surface area (Å²) in [4.78, 5) is 19.5. The largest absolute Gasteiger partial charge is 0.492 e. The number of ether oxygens (including phenoxy) is 1. The summed E-state index contributed by atoms with van der Waals surface area (Å²) in [5, 5.41) is 12.0. The Balaban J connectivity index is 1.37. The van der Waals surface area contributed by atoms with E-state index in [1.807, 2.05) is 31.3 Å². The van der Waals surface area contributed by atoms with Crippen molar-refractivity contribution in [3.63, 3.8) is 0 Å². The maximum absolute atomic E-state index is 14.5. The molecule has 190 valence electrons. The standard InChI is InChI=1S/C27H29FN8O/c1-36(2)9-10-37-19-12-17(11-18(28)13-19)24-26-21(5-8-30-24)32-27(33-26)25-20-14-22(16-3-6-29-7-4-16)31-15-23(20)34-35-25/h5,8,11-16,29H,3-4,6-7,9-10H2,1-2H3,(H,32,33)(H,34,35). The van der Waals surface area contributed by atoms with Crippen LogP contribution >= 0.6 is 0 Å². The highest BCUT2D eigenvalue weighted by atomic mass is 19.1. The highest BCUT2D eigenvalue weighted by molar-refractivity contribution is 5.96. The molecule has 0 unspecified atom stereocenters. The Kier molecular flexibility index (Phi) is 6.27. The summed E-state index contributed by atoms with van der Waals surface area (Å²) >= 11 is 0. The molecule has 0 saturated carbocycles. The lowest BCUT2D eigenvalue weighted by atomic mass is 9.93. The average Bonchev–Trinajstić information content (AvgIpc) is 3.52. The third-order valence-corrected chi connectivity index (χ3v) is 6.80. The number of benzene rings is 1. The first-order valence-corrected chi connectivity index (χ1v) is 12.5. The van der Waals surface area contributed by atoms with Gasteiger partial charge in [0.05, 0.1) is 22.9 Å². The first-order valence-electron chi connectivity index (χ1n) is 12.5. The van der Waals surface area contributed by atoms with E-state index >= 15 is 0 Å². The normalized spacial score (nSPS) is 14.7. The maximum Gasteiger partial charge on any atom is 0.159 e. The molecular formula is C27H29FN8O. The zero-order valence-corrected chi connectivity index (χ0v) is 20.9. The van der Waals surface area contributed by atoms with Crippen LogP contribution in [0.2, 0.25) is 0 Å². The summed E-state index contributed by atoms with van der Waals surface area (Å²) in [6, 6.07) is 8.63. The monoisotopic (exact) mass is 500 g/mol. The summed E-state index contributed by atoms with van der Waals surface area (Å²) < 4.78 is 20.3. The third kappa shape index (κ3) is 4.77. The molecule has 0 bridgehead atoms. The predicted octanol–water partition coefficient (Wildman–Crippen LogP) is 4.11. The molecule has 0 atom stereocenters. The van der Waals surface area contributed by atoms with Gasteiger partial charge in [0.25, 0.3) is 0 Å². The molecule has 4 aromatic heterocycles. The molecule has 3 N–H and O–H groups in total. The maximum atomic E-state index is 14.5. The van der Waals surface area contributed by atoms with Gasteiger partial charge in [-0.15, -0.1) is 0 Å². The Morgan fingerprint density at radius 3 is 2.76 bits per heavy atom. The second-order valence-corrected chi connectivity index (χ2v) is 9.72. The highest BCUT2D eigenvalue weighted by Crippen LogP contribution is 2.33. The van der Waals surface area contributed by atoms with Gasteiger partial charge in [-0.3, -0.25) is 15.1 Å². The number of nitrogens with zero attached hydrogens (tertiary/aromatic N) is 5. The lowest BCUT2D eigenvalue weighted by Gasteiger charge is -2.21. The number of nitrogens with one attached hydrogen (secondary N) is 3. The van der Waals surface area contributed by atoms with Crippen LogP contribution in [0.3, 0.4) is 0 Å². The Labute approximate surface area is 213 Å². The predicted molar refractivity (Wildman–Crippen MR) is 141 cm³/mol. The van der Waals surface area contributed by atoms with Crippen LogP contribution < -0.4 is 10.1 Å². The van der Waals surface area contributed by atoms with Crippen molar-refractivity contribution in [1.29, 1.82) is 0 Å². The minimum atomic E-state index is -0.386. The van der Waals surface area contributed by atoms with Crippen LogP contribution in [0.4, 0.5) is 4.39 Å². The first-order chi connectivity index (χ1) is 18.0. The fourth-order valence-corrected chi connectivity index (χ4v) is 4.84. The number of halogens is 1. The van der Waals surface area contributed by atoms with Crippen LogP contribution in [0.15, 0.2) is 42.7 Å². The second kappa shape index (κ2) is 9.87. The van der Waals surface area contributed by atoms with Gasteiger partial charge in [-0.1, -0.05) is 0 Å². The molecule has 5 aromatic rings. The fraction of sp³-hybridized carbons (Fsp3) is 0.333. The third-order valence-electron chi connectivity index (χ3n) is 6.80. The Bertz CT molecular complexity index is 1550. The van der Waals surface area contributed by atoms with Gasteiger partial charge in [-0.05, 0) is 64.3 Å². The second-order valence-electron chi connectivity index (χ2n) is 9.72. The van der Waals surface area contributed by atoms with Gasteiger partial charge in [0, 0.05) is 41.4 Å². The molecule has 0 amide bonds. The van der Waals surface area contributed by atoms with E-state index in [1.165, 1.54) is 12.1 Å². The van der Waals surface area contributed by atoms with Crippen LogP contribution in [0.1, 0.15) is 24.5 Å². The van der Waals surface area contributed by atoms with E-state index in [9.17, 15) is 4.39 Å². The summed E-state index contributed by atoms with van der Waals surface area (Å²) in [5.74, 6) is 1.13. The minimum Gasteiger partial charge on any atom is -0.492 e. The van der Waals surface area contributed by atoms with Crippen LogP contribution in [0.25, 0.3) is 44.7 Å². The average molecular weight is 501 g/mol. The number of fused-ring (bicyclic) bond motifs is 2. The lowest BCUT2D eigenvalue weighted by Crippen LogP contribution is -2.27. The number of pyridine rings is 2. The molecule has 6 rings (SSSR count). The van der Waals surface area contributed by atoms with Gasteiger partial charge >= 0.3 is 0 Å². The molecule has 1 aliphatic rings. The van der Waals surface area contributed by atoms with Crippen molar-refractivity contribution in [1.82, 2.24) is 40.3 Å². The lowest BCUT2D eigenvalue weighted by molar-refractivity contribution is 0.260. The van der Waals surface area contributed by atoms with Crippen molar-refractivity contribution in [2.24, 2.45) is 0 Å². The van der Waals surface area contributed by atoms with Crippen molar-refractivity contribution < 1.29 is 9.13 Å². The molecule has 1 saturated heterocycles. The number of aromatic amines is 2. The Morgan fingerprint density at radius 1 is 1.05 bits per heavy atom. The SMILES string of the molecule is CN(C)CCOc1cc(F)cc(-c2nccc3[nH]c(-c4n[nH]c5cnc(C6CCNCC6)cc45)nc23)c1. The topological polar surface area (TPSA) is 108 Å². The number of hydrogen-bond acceptors (Lipinski definition) is 7. The van der Waals surface area contributed by atoms with Gasteiger partial charge in [-0.25, -0.2) is 9.37 Å². The van der Waals surface area contributed by atoms with Crippen LogP contribution in [0.5, 0.6) is 5.75 Å². The summed E-state index contributed by atoms with van der Waals surface area (Å²) in [7, 11) is 3.93.